The van der Waals surface area contributed by atoms with Gasteiger partial charge in [0.1, 0.15) is 11.6 Å². The van der Waals surface area contributed by atoms with E-state index in [1.165, 1.54) is 30.5 Å². The Morgan fingerprint density at radius 3 is 1.86 bits per heavy atom. The molecule has 0 fully saturated rings. The van der Waals surface area contributed by atoms with E-state index in [1.807, 2.05) is 0 Å². The van der Waals surface area contributed by atoms with E-state index in [0.29, 0.717) is 27.9 Å². The van der Waals surface area contributed by atoms with Crippen molar-refractivity contribution in [2.24, 2.45) is 0 Å². The van der Waals surface area contributed by atoms with Gasteiger partial charge in [0.15, 0.2) is 6.29 Å². The number of nitrogens with zero attached hydrogens (tertiary/aromatic N) is 1. The van der Waals surface area contributed by atoms with Crippen LogP contribution < -0.4 is 0 Å². The van der Waals surface area contributed by atoms with E-state index in [-0.39, 0.29) is 11.6 Å². The Morgan fingerprint density at radius 2 is 1.32 bits per heavy atom. The molecule has 108 valence electrons. The van der Waals surface area contributed by atoms with Gasteiger partial charge in [-0.05, 0) is 48.0 Å². The van der Waals surface area contributed by atoms with E-state index >= 15 is 0 Å². The van der Waals surface area contributed by atoms with Gasteiger partial charge in [0.05, 0.1) is 5.69 Å². The molecule has 0 N–H and O–H groups in total. The van der Waals surface area contributed by atoms with Crippen LogP contribution in [0.25, 0.3) is 22.4 Å². The van der Waals surface area contributed by atoms with Crippen LogP contribution in [0.15, 0.2) is 60.8 Å². The van der Waals surface area contributed by atoms with Crippen molar-refractivity contribution in [3.8, 4) is 22.4 Å². The van der Waals surface area contributed by atoms with Gasteiger partial charge < -0.3 is 0 Å². The highest BCUT2D eigenvalue weighted by molar-refractivity contribution is 5.94. The van der Waals surface area contributed by atoms with Crippen molar-refractivity contribution in [1.82, 2.24) is 4.98 Å². The monoisotopic (exact) mass is 295 g/mol. The number of carbonyl (C=O) groups is 1. The average molecular weight is 295 g/mol. The number of hydrogen-bond donors (Lipinski definition) is 0. The van der Waals surface area contributed by atoms with Crippen LogP contribution >= 0.6 is 0 Å². The number of rotatable bonds is 3. The van der Waals surface area contributed by atoms with Gasteiger partial charge in [-0.3, -0.25) is 9.78 Å². The lowest BCUT2D eigenvalue weighted by Crippen LogP contribution is -1.95. The van der Waals surface area contributed by atoms with E-state index in [1.54, 1.807) is 30.3 Å². The third-order valence-corrected chi connectivity index (χ3v) is 3.36. The Labute approximate surface area is 126 Å². The summed E-state index contributed by atoms with van der Waals surface area (Å²) in [6.07, 6.45) is 2.25. The van der Waals surface area contributed by atoms with Crippen molar-refractivity contribution in [2.45, 2.75) is 0 Å². The first-order valence-electron chi connectivity index (χ1n) is 6.65. The highest BCUT2D eigenvalue weighted by atomic mass is 19.1. The van der Waals surface area contributed by atoms with Gasteiger partial charge in [-0.15, -0.1) is 0 Å². The zero-order chi connectivity index (χ0) is 15.5. The fourth-order valence-electron chi connectivity index (χ4n) is 2.32. The fourth-order valence-corrected chi connectivity index (χ4v) is 2.32. The second-order valence-corrected chi connectivity index (χ2v) is 4.76. The predicted molar refractivity (Wildman–Crippen MR) is 80.4 cm³/mol. The fraction of sp³-hybridized carbons (Fsp3) is 0. The molecule has 0 aliphatic heterocycles. The summed E-state index contributed by atoms with van der Waals surface area (Å²) in [7, 11) is 0. The molecule has 0 atom stereocenters. The van der Waals surface area contributed by atoms with Crippen molar-refractivity contribution < 1.29 is 13.6 Å². The molecule has 2 nitrogen and oxygen atoms in total. The van der Waals surface area contributed by atoms with Gasteiger partial charge in [0.25, 0.3) is 0 Å². The minimum atomic E-state index is -0.358. The number of halogens is 2. The minimum absolute atomic E-state index is 0.348. The topological polar surface area (TPSA) is 30.0 Å². The van der Waals surface area contributed by atoms with Gasteiger partial charge >= 0.3 is 0 Å². The molecule has 0 amide bonds. The molecule has 2 aromatic carbocycles. The Balaban J connectivity index is 2.24. The number of pyridine rings is 1. The first kappa shape index (κ1) is 14.1. The van der Waals surface area contributed by atoms with Crippen molar-refractivity contribution in [1.29, 1.82) is 0 Å². The Bertz CT molecular complexity index is 811. The molecule has 0 unspecified atom stereocenters. The van der Waals surface area contributed by atoms with Crippen LogP contribution in [0.2, 0.25) is 0 Å². The number of aromatic nitrogens is 1. The van der Waals surface area contributed by atoms with E-state index in [9.17, 15) is 13.6 Å². The van der Waals surface area contributed by atoms with Crippen LogP contribution in [-0.2, 0) is 0 Å². The van der Waals surface area contributed by atoms with Crippen LogP contribution in [0, 0.1) is 11.6 Å². The molecule has 3 rings (SSSR count). The van der Waals surface area contributed by atoms with Crippen LogP contribution in [0.5, 0.6) is 0 Å². The minimum Gasteiger partial charge on any atom is -0.298 e. The van der Waals surface area contributed by atoms with Crippen LogP contribution in [0.1, 0.15) is 10.4 Å². The van der Waals surface area contributed by atoms with E-state index in [0.717, 1.165) is 6.29 Å². The lowest BCUT2D eigenvalue weighted by Gasteiger charge is -2.11. The molecule has 1 heterocycles. The second-order valence-electron chi connectivity index (χ2n) is 4.76. The standard InChI is InChI=1S/C18H11F2NO/c19-15-5-1-12(2-6-15)17-14(11-22)9-10-21-18(17)13-3-7-16(20)8-4-13/h1-11H. The van der Waals surface area contributed by atoms with Gasteiger partial charge in [0.2, 0.25) is 0 Å². The average Bonchev–Trinajstić information content (AvgIpc) is 2.56. The summed E-state index contributed by atoms with van der Waals surface area (Å²) in [5, 5.41) is 0. The molecular weight excluding hydrogens is 284 g/mol. The molecule has 0 spiro atoms. The molecule has 0 radical (unpaired) electrons. The van der Waals surface area contributed by atoms with Crippen molar-refractivity contribution in [3.05, 3.63) is 78.0 Å². The summed E-state index contributed by atoms with van der Waals surface area (Å²) in [4.78, 5) is 15.7. The molecule has 0 saturated heterocycles. The third kappa shape index (κ3) is 2.63. The number of carbonyl (C=O) groups excluding carboxylic acids is 1. The summed E-state index contributed by atoms with van der Waals surface area (Å²) >= 11 is 0. The molecular formula is C18H11F2NO. The Morgan fingerprint density at radius 1 is 0.773 bits per heavy atom. The van der Waals surface area contributed by atoms with E-state index in [2.05, 4.69) is 4.98 Å². The first-order chi connectivity index (χ1) is 10.7. The molecule has 1 aromatic heterocycles. The summed E-state index contributed by atoms with van der Waals surface area (Å²) in [6, 6.07) is 13.3. The van der Waals surface area contributed by atoms with Crippen LogP contribution in [-0.4, -0.2) is 11.3 Å². The predicted octanol–water partition coefficient (Wildman–Crippen LogP) is 4.51. The second kappa shape index (κ2) is 5.85. The molecule has 22 heavy (non-hydrogen) atoms. The van der Waals surface area contributed by atoms with Crippen molar-refractivity contribution in [2.75, 3.05) is 0 Å². The van der Waals surface area contributed by atoms with Gasteiger partial charge in [-0.1, -0.05) is 12.1 Å². The number of benzene rings is 2. The highest BCUT2D eigenvalue weighted by Crippen LogP contribution is 2.32. The Kier molecular flexibility index (Phi) is 3.74. The summed E-state index contributed by atoms with van der Waals surface area (Å²) in [6.45, 7) is 0. The largest absolute Gasteiger partial charge is 0.298 e. The SMILES string of the molecule is O=Cc1ccnc(-c2ccc(F)cc2)c1-c1ccc(F)cc1. The third-order valence-electron chi connectivity index (χ3n) is 3.36. The number of hydrogen-bond acceptors (Lipinski definition) is 2. The van der Waals surface area contributed by atoms with Gasteiger partial charge in [0, 0.05) is 22.9 Å². The lowest BCUT2D eigenvalue weighted by atomic mass is 9.95. The molecule has 0 aliphatic rings. The van der Waals surface area contributed by atoms with Crippen LogP contribution in [0.4, 0.5) is 8.78 Å². The first-order valence-corrected chi connectivity index (χ1v) is 6.65. The molecule has 4 heteroatoms. The zero-order valence-corrected chi connectivity index (χ0v) is 11.5. The van der Waals surface area contributed by atoms with Crippen LogP contribution in [0.3, 0.4) is 0 Å². The summed E-state index contributed by atoms with van der Waals surface area (Å²) in [5.74, 6) is -0.706. The molecule has 0 aliphatic carbocycles. The van der Waals surface area contributed by atoms with Crippen molar-refractivity contribution >= 4 is 6.29 Å². The molecule has 0 saturated carbocycles. The zero-order valence-electron chi connectivity index (χ0n) is 11.5. The normalized spacial score (nSPS) is 10.5. The van der Waals surface area contributed by atoms with Crippen molar-refractivity contribution in [3.63, 3.8) is 0 Å². The maximum absolute atomic E-state index is 13.1. The Hall–Kier alpha value is -2.88. The quantitative estimate of drug-likeness (QED) is 0.666. The lowest BCUT2D eigenvalue weighted by molar-refractivity contribution is 0.112. The number of aldehydes is 1. The van der Waals surface area contributed by atoms with Gasteiger partial charge in [-0.2, -0.15) is 0 Å². The smallest absolute Gasteiger partial charge is 0.150 e. The summed E-state index contributed by atoms with van der Waals surface area (Å²) < 4.78 is 26.2. The maximum atomic E-state index is 13.1. The van der Waals surface area contributed by atoms with E-state index in [4.69, 9.17) is 0 Å². The summed E-state index contributed by atoms with van der Waals surface area (Å²) in [5.41, 5.74) is 2.96. The molecule has 3 aromatic rings. The highest BCUT2D eigenvalue weighted by Gasteiger charge is 2.13. The molecule has 0 bridgehead atoms. The maximum Gasteiger partial charge on any atom is 0.150 e. The van der Waals surface area contributed by atoms with Gasteiger partial charge in [-0.25, -0.2) is 8.78 Å². The van der Waals surface area contributed by atoms with E-state index < -0.39 is 0 Å².